The van der Waals surface area contributed by atoms with Crippen molar-refractivity contribution in [3.05, 3.63) is 58.9 Å². The molecule has 0 fully saturated rings. The summed E-state index contributed by atoms with van der Waals surface area (Å²) < 4.78 is 1.84. The van der Waals surface area contributed by atoms with E-state index in [0.29, 0.717) is 24.2 Å². The lowest BCUT2D eigenvalue weighted by atomic mass is 10.1. The van der Waals surface area contributed by atoms with Crippen molar-refractivity contribution < 1.29 is 14.7 Å². The molecule has 140 valence electrons. The molecule has 2 N–H and O–H groups in total. The number of amides is 1. The molecule has 0 radical (unpaired) electrons. The number of rotatable bonds is 6. The van der Waals surface area contributed by atoms with Crippen molar-refractivity contribution in [1.82, 2.24) is 20.1 Å². The van der Waals surface area contributed by atoms with Crippen LogP contribution in [0.1, 0.15) is 51.9 Å². The molecule has 27 heavy (non-hydrogen) atoms. The molecule has 7 heteroatoms. The van der Waals surface area contributed by atoms with Gasteiger partial charge in [-0.05, 0) is 51.0 Å². The average molecular weight is 366 g/mol. The molecule has 0 unspecified atom stereocenters. The van der Waals surface area contributed by atoms with Crippen molar-refractivity contribution in [1.29, 1.82) is 0 Å². The second-order valence-corrected chi connectivity index (χ2v) is 6.73. The molecule has 7 nitrogen and oxygen atoms in total. The predicted molar refractivity (Wildman–Crippen MR) is 102 cm³/mol. The van der Waals surface area contributed by atoms with Gasteiger partial charge in [-0.1, -0.05) is 12.1 Å². The Balaban J connectivity index is 1.67. The number of carbonyl (C=O) groups is 2. The third-order valence-electron chi connectivity index (χ3n) is 4.39. The Morgan fingerprint density at radius 2 is 1.93 bits per heavy atom. The molecule has 0 saturated carbocycles. The highest BCUT2D eigenvalue weighted by molar-refractivity contribution is 5.98. The van der Waals surface area contributed by atoms with E-state index in [9.17, 15) is 9.59 Å². The smallest absolute Gasteiger partial charge is 0.335 e. The summed E-state index contributed by atoms with van der Waals surface area (Å²) in [4.78, 5) is 27.9. The van der Waals surface area contributed by atoms with Gasteiger partial charge in [0.2, 0.25) is 0 Å². The Morgan fingerprint density at radius 1 is 1.22 bits per heavy atom. The number of nitrogens with one attached hydrogen (secondary N) is 1. The van der Waals surface area contributed by atoms with E-state index in [-0.39, 0.29) is 17.5 Å². The molecule has 0 aliphatic rings. The Morgan fingerprint density at radius 3 is 2.56 bits per heavy atom. The zero-order chi connectivity index (χ0) is 19.6. The molecule has 3 aromatic rings. The van der Waals surface area contributed by atoms with E-state index in [1.165, 1.54) is 0 Å². The first-order valence-electron chi connectivity index (χ1n) is 8.82. The Bertz CT molecular complexity index is 990. The van der Waals surface area contributed by atoms with Gasteiger partial charge in [-0.15, -0.1) is 0 Å². The SMILES string of the molecule is Cc1nc2c(cnn2C(C)C)cc1C(=O)NCCc1ccc(C(=O)O)cc1. The van der Waals surface area contributed by atoms with Crippen molar-refractivity contribution in [3.8, 4) is 0 Å². The monoisotopic (exact) mass is 366 g/mol. The number of aromatic carboxylic acids is 1. The Labute approximate surface area is 157 Å². The van der Waals surface area contributed by atoms with Crippen LogP contribution in [0.2, 0.25) is 0 Å². The van der Waals surface area contributed by atoms with Gasteiger partial charge in [-0.25, -0.2) is 14.5 Å². The van der Waals surface area contributed by atoms with Crippen molar-refractivity contribution in [2.75, 3.05) is 6.54 Å². The minimum Gasteiger partial charge on any atom is -0.478 e. The lowest BCUT2D eigenvalue weighted by Crippen LogP contribution is -2.26. The predicted octanol–water partition coefficient (Wildman–Crippen LogP) is 2.99. The summed E-state index contributed by atoms with van der Waals surface area (Å²) in [6.07, 6.45) is 2.34. The van der Waals surface area contributed by atoms with Gasteiger partial charge in [0.05, 0.1) is 23.0 Å². The normalized spacial score (nSPS) is 11.1. The number of carboxylic acid groups (broad SMARTS) is 1. The molecule has 2 aromatic heterocycles. The van der Waals surface area contributed by atoms with Gasteiger partial charge < -0.3 is 10.4 Å². The quantitative estimate of drug-likeness (QED) is 0.699. The average Bonchev–Trinajstić information content (AvgIpc) is 3.04. The molecule has 3 rings (SSSR count). The number of fused-ring (bicyclic) bond motifs is 1. The number of carbonyl (C=O) groups excluding carboxylic acids is 1. The van der Waals surface area contributed by atoms with Crippen LogP contribution in [0.25, 0.3) is 11.0 Å². The van der Waals surface area contributed by atoms with Gasteiger partial charge in [-0.2, -0.15) is 5.10 Å². The number of nitrogens with zero attached hydrogens (tertiary/aromatic N) is 3. The van der Waals surface area contributed by atoms with Crippen molar-refractivity contribution in [3.63, 3.8) is 0 Å². The van der Waals surface area contributed by atoms with Crippen LogP contribution in [0.4, 0.5) is 0 Å². The van der Waals surface area contributed by atoms with Gasteiger partial charge in [0.1, 0.15) is 0 Å². The first-order chi connectivity index (χ1) is 12.9. The first kappa shape index (κ1) is 18.6. The summed E-state index contributed by atoms with van der Waals surface area (Å²) in [7, 11) is 0. The standard InChI is InChI=1S/C20H22N4O3/c1-12(2)24-18-16(11-22-24)10-17(13(3)23-18)19(25)21-9-8-14-4-6-15(7-5-14)20(26)27/h4-7,10-12H,8-9H2,1-3H3,(H,21,25)(H,26,27). The van der Waals surface area contributed by atoms with Gasteiger partial charge in [0.25, 0.3) is 5.91 Å². The largest absolute Gasteiger partial charge is 0.478 e. The van der Waals surface area contributed by atoms with Crippen LogP contribution in [0.3, 0.4) is 0 Å². The minimum atomic E-state index is -0.950. The second-order valence-electron chi connectivity index (χ2n) is 6.73. The van der Waals surface area contributed by atoms with Crippen LogP contribution < -0.4 is 5.32 Å². The van der Waals surface area contributed by atoms with Crippen LogP contribution in [-0.2, 0) is 6.42 Å². The maximum atomic E-state index is 12.5. The summed E-state index contributed by atoms with van der Waals surface area (Å²) >= 11 is 0. The van der Waals surface area contributed by atoms with E-state index >= 15 is 0 Å². The molecular weight excluding hydrogens is 344 g/mol. The van der Waals surface area contributed by atoms with E-state index in [1.807, 2.05) is 31.5 Å². The molecule has 0 bridgehead atoms. The Hall–Kier alpha value is -3.22. The topological polar surface area (TPSA) is 97.1 Å². The number of carboxylic acids is 1. The highest BCUT2D eigenvalue weighted by atomic mass is 16.4. The molecule has 0 spiro atoms. The summed E-state index contributed by atoms with van der Waals surface area (Å²) in [5, 5.41) is 17.0. The molecule has 0 aliphatic carbocycles. The lowest BCUT2D eigenvalue weighted by molar-refractivity contribution is 0.0696. The van der Waals surface area contributed by atoms with Crippen LogP contribution in [-0.4, -0.2) is 38.3 Å². The second kappa shape index (κ2) is 7.57. The lowest BCUT2D eigenvalue weighted by Gasteiger charge is -2.10. The van der Waals surface area contributed by atoms with E-state index in [1.54, 1.807) is 30.5 Å². The molecule has 2 heterocycles. The maximum Gasteiger partial charge on any atom is 0.335 e. The Kier molecular flexibility index (Phi) is 5.21. The molecular formula is C20H22N4O3. The van der Waals surface area contributed by atoms with Crippen LogP contribution in [0.5, 0.6) is 0 Å². The summed E-state index contributed by atoms with van der Waals surface area (Å²) in [6.45, 7) is 6.34. The number of aromatic nitrogens is 3. The number of aryl methyl sites for hydroxylation is 1. The maximum absolute atomic E-state index is 12.5. The van der Waals surface area contributed by atoms with E-state index < -0.39 is 5.97 Å². The van der Waals surface area contributed by atoms with Crippen LogP contribution in [0.15, 0.2) is 36.5 Å². The molecule has 0 atom stereocenters. The fourth-order valence-corrected chi connectivity index (χ4v) is 2.90. The number of hydrogen-bond acceptors (Lipinski definition) is 4. The van der Waals surface area contributed by atoms with Crippen molar-refractivity contribution in [2.45, 2.75) is 33.2 Å². The van der Waals surface area contributed by atoms with Gasteiger partial charge in [0.15, 0.2) is 5.65 Å². The van der Waals surface area contributed by atoms with Gasteiger partial charge in [0, 0.05) is 18.0 Å². The fraction of sp³-hybridized carbons (Fsp3) is 0.300. The zero-order valence-electron chi connectivity index (χ0n) is 15.6. The minimum absolute atomic E-state index is 0.179. The highest BCUT2D eigenvalue weighted by Gasteiger charge is 2.15. The van der Waals surface area contributed by atoms with E-state index in [0.717, 1.165) is 16.6 Å². The van der Waals surface area contributed by atoms with E-state index in [4.69, 9.17) is 5.11 Å². The summed E-state index contributed by atoms with van der Waals surface area (Å²) in [5.74, 6) is -1.13. The van der Waals surface area contributed by atoms with Crippen molar-refractivity contribution in [2.24, 2.45) is 0 Å². The van der Waals surface area contributed by atoms with Gasteiger partial charge >= 0.3 is 5.97 Å². The number of pyridine rings is 1. The fourth-order valence-electron chi connectivity index (χ4n) is 2.90. The molecule has 0 saturated heterocycles. The van der Waals surface area contributed by atoms with Gasteiger partial charge in [-0.3, -0.25) is 4.79 Å². The highest BCUT2D eigenvalue weighted by Crippen LogP contribution is 2.19. The zero-order valence-corrected chi connectivity index (χ0v) is 15.6. The third kappa shape index (κ3) is 3.97. The molecule has 1 aromatic carbocycles. The molecule has 0 aliphatic heterocycles. The van der Waals surface area contributed by atoms with E-state index in [2.05, 4.69) is 15.4 Å². The number of hydrogen-bond donors (Lipinski definition) is 2. The number of benzene rings is 1. The third-order valence-corrected chi connectivity index (χ3v) is 4.39. The van der Waals surface area contributed by atoms with Crippen molar-refractivity contribution >= 4 is 22.9 Å². The summed E-state index contributed by atoms with van der Waals surface area (Å²) in [6, 6.07) is 8.66. The summed E-state index contributed by atoms with van der Waals surface area (Å²) in [5.41, 5.74) is 3.18. The molecule has 1 amide bonds. The van der Waals surface area contributed by atoms with Crippen LogP contribution in [0, 0.1) is 6.92 Å². The first-order valence-corrected chi connectivity index (χ1v) is 8.82. The van der Waals surface area contributed by atoms with Crippen LogP contribution >= 0.6 is 0 Å².